The number of nitrogens with one attached hydrogen (secondary N) is 1. The van der Waals surface area contributed by atoms with Crippen LogP contribution >= 0.6 is 0 Å². The van der Waals surface area contributed by atoms with Crippen molar-refractivity contribution in [3.63, 3.8) is 0 Å². The van der Waals surface area contributed by atoms with Crippen LogP contribution in [0.25, 0.3) is 0 Å². The fraction of sp³-hybridized carbons (Fsp3) is 0.556. The molecule has 4 nitrogen and oxygen atoms in total. The highest BCUT2D eigenvalue weighted by Gasteiger charge is 2.61. The SMILES string of the molecule is O=C(C1=NN2C(N1)[C@@H](F)C[C@H]2c1ccccc1)C1(C2CC2)CC1. The Kier molecular flexibility index (Phi) is 2.68. The standard InChI is InChI=1S/C18H20FN3O/c19-13-10-14(11-4-2-1-3-5-11)22-17(13)20-16(21-22)15(23)18(8-9-18)12-6-7-12/h1-5,12-14,17H,6-10H2,(H,20,21)/t13-,14-,17?/m0/s1. The minimum Gasteiger partial charge on any atom is -0.342 e. The molecule has 5 rings (SSSR count). The molecule has 5 heteroatoms. The van der Waals surface area contributed by atoms with E-state index in [2.05, 4.69) is 10.4 Å². The number of hydrogen-bond acceptors (Lipinski definition) is 4. The molecule has 1 aromatic carbocycles. The van der Waals surface area contributed by atoms with Crippen LogP contribution < -0.4 is 5.32 Å². The second-order valence-corrected chi connectivity index (χ2v) is 7.36. The van der Waals surface area contributed by atoms with Crippen molar-refractivity contribution in [3.8, 4) is 0 Å². The molecule has 1 N–H and O–H groups in total. The van der Waals surface area contributed by atoms with E-state index in [1.54, 1.807) is 5.01 Å². The zero-order valence-electron chi connectivity index (χ0n) is 12.9. The van der Waals surface area contributed by atoms with Crippen LogP contribution in [0.4, 0.5) is 4.39 Å². The highest BCUT2D eigenvalue weighted by molar-refractivity contribution is 6.41. The lowest BCUT2D eigenvalue weighted by atomic mass is 9.94. The molecule has 2 saturated carbocycles. The Bertz CT molecular complexity index is 681. The Labute approximate surface area is 134 Å². The fourth-order valence-electron chi connectivity index (χ4n) is 4.28. The molecule has 23 heavy (non-hydrogen) atoms. The Morgan fingerprint density at radius 1 is 1.26 bits per heavy atom. The monoisotopic (exact) mass is 313 g/mol. The van der Waals surface area contributed by atoms with E-state index in [9.17, 15) is 9.18 Å². The molecule has 3 fully saturated rings. The fourth-order valence-corrected chi connectivity index (χ4v) is 4.28. The van der Waals surface area contributed by atoms with Crippen molar-refractivity contribution in [2.24, 2.45) is 16.4 Å². The lowest BCUT2D eigenvalue weighted by Crippen LogP contribution is -2.43. The first-order valence-corrected chi connectivity index (χ1v) is 8.56. The van der Waals surface area contributed by atoms with Crippen LogP contribution in [-0.4, -0.2) is 29.0 Å². The number of halogens is 1. The molecule has 0 radical (unpaired) electrons. The summed E-state index contributed by atoms with van der Waals surface area (Å²) < 4.78 is 14.4. The molecule has 0 bridgehead atoms. The van der Waals surface area contributed by atoms with Crippen molar-refractivity contribution in [2.75, 3.05) is 0 Å². The number of carbonyl (C=O) groups is 1. The molecule has 1 aromatic rings. The van der Waals surface area contributed by atoms with Crippen molar-refractivity contribution >= 4 is 11.6 Å². The van der Waals surface area contributed by atoms with Crippen LogP contribution in [0.1, 0.15) is 43.7 Å². The quantitative estimate of drug-likeness (QED) is 0.929. The van der Waals surface area contributed by atoms with E-state index in [4.69, 9.17) is 0 Å². The van der Waals surface area contributed by atoms with Crippen LogP contribution in [0.2, 0.25) is 0 Å². The van der Waals surface area contributed by atoms with Gasteiger partial charge in [0.25, 0.3) is 0 Å². The van der Waals surface area contributed by atoms with Crippen LogP contribution in [0.15, 0.2) is 35.4 Å². The molecule has 2 aliphatic heterocycles. The summed E-state index contributed by atoms with van der Waals surface area (Å²) in [4.78, 5) is 12.8. The molecule has 2 heterocycles. The number of alkyl halides is 1. The number of ketones is 1. The number of amidine groups is 1. The smallest absolute Gasteiger partial charge is 0.205 e. The van der Waals surface area contributed by atoms with Gasteiger partial charge in [0.1, 0.15) is 12.3 Å². The summed E-state index contributed by atoms with van der Waals surface area (Å²) >= 11 is 0. The number of hydrazone groups is 1. The van der Waals surface area contributed by atoms with Gasteiger partial charge in [-0.15, -0.1) is 0 Å². The predicted octanol–water partition coefficient (Wildman–Crippen LogP) is 2.77. The van der Waals surface area contributed by atoms with Crippen molar-refractivity contribution in [1.29, 1.82) is 0 Å². The number of rotatable bonds is 4. The third-order valence-corrected chi connectivity index (χ3v) is 5.89. The van der Waals surface area contributed by atoms with Gasteiger partial charge in [-0.2, -0.15) is 5.10 Å². The zero-order valence-corrected chi connectivity index (χ0v) is 12.9. The number of benzene rings is 1. The van der Waals surface area contributed by atoms with Gasteiger partial charge in [0.2, 0.25) is 5.78 Å². The first kappa shape index (κ1) is 13.5. The van der Waals surface area contributed by atoms with E-state index in [0.717, 1.165) is 31.2 Å². The van der Waals surface area contributed by atoms with Gasteiger partial charge in [-0.1, -0.05) is 30.3 Å². The summed E-state index contributed by atoms with van der Waals surface area (Å²) in [7, 11) is 0. The highest BCUT2D eigenvalue weighted by atomic mass is 19.1. The molecule has 0 amide bonds. The summed E-state index contributed by atoms with van der Waals surface area (Å²) in [6.45, 7) is 0. The first-order valence-electron chi connectivity index (χ1n) is 8.56. The minimum absolute atomic E-state index is 0.0925. The van der Waals surface area contributed by atoms with Crippen molar-refractivity contribution < 1.29 is 9.18 Å². The molecular formula is C18H20FN3O. The van der Waals surface area contributed by atoms with Gasteiger partial charge in [-0.25, -0.2) is 4.39 Å². The van der Waals surface area contributed by atoms with Gasteiger partial charge in [0, 0.05) is 11.8 Å². The molecule has 0 spiro atoms. The Balaban J connectivity index is 1.43. The van der Waals surface area contributed by atoms with E-state index in [1.165, 1.54) is 0 Å². The third kappa shape index (κ3) is 1.95. The lowest BCUT2D eigenvalue weighted by molar-refractivity contribution is -0.118. The number of Topliss-reactive ketones (excluding diaryl/α,β-unsaturated/α-hetero) is 1. The van der Waals surface area contributed by atoms with Crippen molar-refractivity contribution in [2.45, 2.75) is 50.5 Å². The first-order chi connectivity index (χ1) is 11.2. The van der Waals surface area contributed by atoms with Gasteiger partial charge in [0.15, 0.2) is 5.84 Å². The minimum atomic E-state index is -1.01. The molecule has 4 aliphatic rings. The van der Waals surface area contributed by atoms with Crippen LogP contribution in [0.5, 0.6) is 0 Å². The summed E-state index contributed by atoms with van der Waals surface area (Å²) in [6.07, 6.45) is 3.18. The maximum atomic E-state index is 14.4. The molecule has 1 saturated heterocycles. The lowest BCUT2D eigenvalue weighted by Gasteiger charge is -2.21. The molecular weight excluding hydrogens is 293 g/mol. The Morgan fingerprint density at radius 3 is 2.65 bits per heavy atom. The molecule has 1 unspecified atom stereocenters. The number of nitrogens with zero attached hydrogens (tertiary/aromatic N) is 2. The summed E-state index contributed by atoms with van der Waals surface area (Å²) in [5.41, 5.74) is 0.889. The van der Waals surface area contributed by atoms with Crippen LogP contribution in [-0.2, 0) is 4.79 Å². The third-order valence-electron chi connectivity index (χ3n) is 5.89. The van der Waals surface area contributed by atoms with E-state index < -0.39 is 12.3 Å². The highest BCUT2D eigenvalue weighted by Crippen LogP contribution is 2.62. The topological polar surface area (TPSA) is 44.7 Å². The van der Waals surface area contributed by atoms with Gasteiger partial charge < -0.3 is 5.32 Å². The molecule has 2 aliphatic carbocycles. The van der Waals surface area contributed by atoms with Gasteiger partial charge in [0.05, 0.1) is 6.04 Å². The van der Waals surface area contributed by atoms with Gasteiger partial charge >= 0.3 is 0 Å². The second-order valence-electron chi connectivity index (χ2n) is 7.36. The Morgan fingerprint density at radius 2 is 2.00 bits per heavy atom. The van der Waals surface area contributed by atoms with E-state index >= 15 is 0 Å². The van der Waals surface area contributed by atoms with E-state index in [0.29, 0.717) is 18.2 Å². The maximum absolute atomic E-state index is 14.4. The van der Waals surface area contributed by atoms with E-state index in [-0.39, 0.29) is 17.2 Å². The van der Waals surface area contributed by atoms with Crippen molar-refractivity contribution in [3.05, 3.63) is 35.9 Å². The average molecular weight is 313 g/mol. The molecule has 3 atom stereocenters. The number of hydrogen-bond donors (Lipinski definition) is 1. The zero-order chi connectivity index (χ0) is 15.6. The summed E-state index contributed by atoms with van der Waals surface area (Å²) in [6, 6.07) is 9.78. The maximum Gasteiger partial charge on any atom is 0.205 e. The summed E-state index contributed by atoms with van der Waals surface area (Å²) in [5.74, 6) is 1.05. The Hall–Kier alpha value is -1.91. The molecule has 0 aromatic heterocycles. The second kappa shape index (κ2) is 4.56. The largest absolute Gasteiger partial charge is 0.342 e. The summed E-state index contributed by atoms with van der Waals surface area (Å²) in [5, 5.41) is 9.38. The van der Waals surface area contributed by atoms with Gasteiger partial charge in [-0.3, -0.25) is 9.80 Å². The van der Waals surface area contributed by atoms with E-state index in [1.807, 2.05) is 30.3 Å². The van der Waals surface area contributed by atoms with Gasteiger partial charge in [-0.05, 0) is 37.2 Å². The molecule has 120 valence electrons. The normalized spacial score (nSPS) is 33.9. The van der Waals surface area contributed by atoms with Crippen molar-refractivity contribution in [1.82, 2.24) is 10.3 Å². The average Bonchev–Trinajstić information content (AvgIpc) is 3.47. The number of fused-ring (bicyclic) bond motifs is 1. The van der Waals surface area contributed by atoms with Crippen LogP contribution in [0.3, 0.4) is 0 Å². The number of carbonyl (C=O) groups excluding carboxylic acids is 1. The predicted molar refractivity (Wildman–Crippen MR) is 84.3 cm³/mol. The van der Waals surface area contributed by atoms with Crippen LogP contribution in [0, 0.1) is 11.3 Å².